The van der Waals surface area contributed by atoms with Crippen LogP contribution >= 0.6 is 0 Å². The van der Waals surface area contributed by atoms with Crippen LogP contribution in [-0.4, -0.2) is 53.8 Å². The second-order valence-corrected chi connectivity index (χ2v) is 4.09. The molecule has 1 rings (SSSR count). The van der Waals surface area contributed by atoms with Gasteiger partial charge in [-0.25, -0.2) is 9.59 Å². The minimum absolute atomic E-state index is 0.0225. The maximum absolute atomic E-state index is 12.0. The predicted octanol–water partition coefficient (Wildman–Crippen LogP) is 0.283. The normalized spacial score (nSPS) is 20.9. The van der Waals surface area contributed by atoms with Crippen molar-refractivity contribution in [1.82, 2.24) is 10.2 Å². The number of carboxylic acids is 1. The number of nitrogens with one attached hydrogen (secondary N) is 1. The number of ether oxygens (including phenoxy) is 1. The van der Waals surface area contributed by atoms with Crippen molar-refractivity contribution >= 4 is 12.0 Å². The fraction of sp³-hybridized carbons (Fsp3) is 0.667. The highest BCUT2D eigenvalue weighted by atomic mass is 16.5. The van der Waals surface area contributed by atoms with Gasteiger partial charge in [-0.2, -0.15) is 0 Å². The summed E-state index contributed by atoms with van der Waals surface area (Å²) in [4.78, 5) is 24.3. The molecule has 2 N–H and O–H groups in total. The van der Waals surface area contributed by atoms with Crippen LogP contribution in [0, 0.1) is 12.3 Å². The quantitative estimate of drug-likeness (QED) is 0.706. The molecule has 0 saturated carbocycles. The van der Waals surface area contributed by atoms with Gasteiger partial charge < -0.3 is 20.1 Å². The molecular formula is C12H18N2O4. The molecule has 1 fully saturated rings. The van der Waals surface area contributed by atoms with Crippen LogP contribution in [0.25, 0.3) is 0 Å². The van der Waals surface area contributed by atoms with E-state index in [1.807, 2.05) is 6.92 Å². The first kappa shape index (κ1) is 14.3. The maximum Gasteiger partial charge on any atom is 0.328 e. The summed E-state index contributed by atoms with van der Waals surface area (Å²) in [6, 6.07) is -1.45. The van der Waals surface area contributed by atoms with Crippen molar-refractivity contribution in [2.45, 2.75) is 31.8 Å². The molecule has 0 bridgehead atoms. The highest BCUT2D eigenvalue weighted by Crippen LogP contribution is 2.08. The van der Waals surface area contributed by atoms with Gasteiger partial charge in [0.05, 0.1) is 13.2 Å². The smallest absolute Gasteiger partial charge is 0.328 e. The lowest BCUT2D eigenvalue weighted by atomic mass is 10.1. The highest BCUT2D eigenvalue weighted by molar-refractivity contribution is 5.83. The van der Waals surface area contributed by atoms with E-state index in [2.05, 4.69) is 11.2 Å². The van der Waals surface area contributed by atoms with Crippen LogP contribution in [0.3, 0.4) is 0 Å². The first-order valence-electron chi connectivity index (χ1n) is 5.91. The van der Waals surface area contributed by atoms with Gasteiger partial charge in [-0.05, 0) is 6.42 Å². The number of aliphatic carboxylic acids is 1. The summed E-state index contributed by atoms with van der Waals surface area (Å²) in [5.41, 5.74) is 0. The highest BCUT2D eigenvalue weighted by Gasteiger charge is 2.33. The Labute approximate surface area is 106 Å². The van der Waals surface area contributed by atoms with Gasteiger partial charge in [-0.15, -0.1) is 12.3 Å². The number of carbonyl (C=O) groups is 2. The molecule has 1 heterocycles. The molecule has 6 heteroatoms. The second kappa shape index (κ2) is 6.87. The molecule has 0 aromatic rings. The largest absolute Gasteiger partial charge is 0.480 e. The van der Waals surface area contributed by atoms with Crippen LogP contribution in [0.15, 0.2) is 0 Å². The monoisotopic (exact) mass is 254 g/mol. The molecule has 0 aromatic heterocycles. The predicted molar refractivity (Wildman–Crippen MR) is 65.0 cm³/mol. The number of nitrogens with zero attached hydrogens (tertiary/aromatic N) is 1. The van der Waals surface area contributed by atoms with Crippen LogP contribution in [-0.2, 0) is 9.53 Å². The van der Waals surface area contributed by atoms with E-state index in [1.165, 1.54) is 4.90 Å². The Bertz CT molecular complexity index is 350. The number of urea groups is 1. The molecule has 100 valence electrons. The van der Waals surface area contributed by atoms with E-state index in [-0.39, 0.29) is 19.2 Å². The Kier molecular flexibility index (Phi) is 5.46. The zero-order valence-corrected chi connectivity index (χ0v) is 10.4. The fourth-order valence-electron chi connectivity index (χ4n) is 1.75. The number of amides is 2. The Hall–Kier alpha value is -1.74. The van der Waals surface area contributed by atoms with Crippen LogP contribution in [0.5, 0.6) is 0 Å². The van der Waals surface area contributed by atoms with Crippen molar-refractivity contribution in [2.75, 3.05) is 19.8 Å². The molecule has 2 amide bonds. The number of rotatable bonds is 4. The summed E-state index contributed by atoms with van der Waals surface area (Å²) in [5, 5.41) is 11.8. The van der Waals surface area contributed by atoms with Gasteiger partial charge in [0.2, 0.25) is 0 Å². The van der Waals surface area contributed by atoms with Crippen molar-refractivity contribution < 1.29 is 19.4 Å². The molecular weight excluding hydrogens is 236 g/mol. The lowest BCUT2D eigenvalue weighted by Gasteiger charge is -2.33. The third kappa shape index (κ3) is 3.64. The Morgan fingerprint density at radius 3 is 2.94 bits per heavy atom. The molecule has 0 radical (unpaired) electrons. The lowest BCUT2D eigenvalue weighted by molar-refractivity contribution is -0.147. The summed E-state index contributed by atoms with van der Waals surface area (Å²) in [7, 11) is 0. The topological polar surface area (TPSA) is 78.9 Å². The number of carboxylic acid groups (broad SMARTS) is 1. The Morgan fingerprint density at radius 2 is 2.39 bits per heavy atom. The molecule has 2 atom stereocenters. The molecule has 6 nitrogen and oxygen atoms in total. The minimum atomic E-state index is -1.06. The number of hydrogen-bond donors (Lipinski definition) is 2. The van der Waals surface area contributed by atoms with Gasteiger partial charge in [-0.3, -0.25) is 0 Å². The van der Waals surface area contributed by atoms with E-state index >= 15 is 0 Å². The van der Waals surface area contributed by atoms with Crippen LogP contribution in [0.4, 0.5) is 4.79 Å². The van der Waals surface area contributed by atoms with E-state index in [9.17, 15) is 9.59 Å². The minimum Gasteiger partial charge on any atom is -0.480 e. The van der Waals surface area contributed by atoms with E-state index < -0.39 is 18.0 Å². The molecule has 0 aliphatic carbocycles. The number of morpholine rings is 1. The van der Waals surface area contributed by atoms with Crippen molar-refractivity contribution in [1.29, 1.82) is 0 Å². The van der Waals surface area contributed by atoms with E-state index in [4.69, 9.17) is 16.3 Å². The summed E-state index contributed by atoms with van der Waals surface area (Å²) in [5.74, 6) is 1.43. The van der Waals surface area contributed by atoms with Gasteiger partial charge in [0.25, 0.3) is 0 Å². The van der Waals surface area contributed by atoms with Gasteiger partial charge in [0, 0.05) is 19.0 Å². The number of terminal acetylenes is 1. The zero-order valence-electron chi connectivity index (χ0n) is 10.4. The fourth-order valence-corrected chi connectivity index (χ4v) is 1.75. The Morgan fingerprint density at radius 1 is 1.67 bits per heavy atom. The van der Waals surface area contributed by atoms with E-state index in [0.717, 1.165) is 0 Å². The molecule has 0 aromatic carbocycles. The van der Waals surface area contributed by atoms with Gasteiger partial charge in [0.1, 0.15) is 0 Å². The lowest BCUT2D eigenvalue weighted by Crippen LogP contribution is -2.57. The molecule has 2 unspecified atom stereocenters. The Balaban J connectivity index is 2.63. The average Bonchev–Trinajstić information content (AvgIpc) is 2.38. The van der Waals surface area contributed by atoms with Gasteiger partial charge in [0.15, 0.2) is 6.04 Å². The van der Waals surface area contributed by atoms with Crippen molar-refractivity contribution in [3.05, 3.63) is 0 Å². The standard InChI is InChI=1S/C12H18N2O4/c1-3-5-9(4-2)13-12(17)14-6-7-18-8-10(14)11(15)16/h1,9-10H,4-8H2,2H3,(H,13,17)(H,15,16). The second-order valence-electron chi connectivity index (χ2n) is 4.09. The molecule has 0 spiro atoms. The van der Waals surface area contributed by atoms with Crippen molar-refractivity contribution in [2.24, 2.45) is 0 Å². The van der Waals surface area contributed by atoms with Crippen molar-refractivity contribution in [3.63, 3.8) is 0 Å². The third-order valence-corrected chi connectivity index (χ3v) is 2.86. The summed E-state index contributed by atoms with van der Waals surface area (Å²) < 4.78 is 5.07. The van der Waals surface area contributed by atoms with Crippen LogP contribution in [0.1, 0.15) is 19.8 Å². The molecule has 18 heavy (non-hydrogen) atoms. The number of hydrogen-bond acceptors (Lipinski definition) is 3. The first-order valence-corrected chi connectivity index (χ1v) is 5.91. The van der Waals surface area contributed by atoms with E-state index in [1.54, 1.807) is 0 Å². The molecule has 1 aliphatic rings. The van der Waals surface area contributed by atoms with Crippen LogP contribution < -0.4 is 5.32 Å². The average molecular weight is 254 g/mol. The third-order valence-electron chi connectivity index (χ3n) is 2.86. The first-order chi connectivity index (χ1) is 8.60. The van der Waals surface area contributed by atoms with E-state index in [0.29, 0.717) is 19.4 Å². The SMILES string of the molecule is C#CCC(CC)NC(=O)N1CCOCC1C(=O)O. The summed E-state index contributed by atoms with van der Waals surface area (Å²) in [6.45, 7) is 2.56. The zero-order chi connectivity index (χ0) is 13.5. The van der Waals surface area contributed by atoms with Crippen molar-refractivity contribution in [3.8, 4) is 12.3 Å². The summed E-state index contributed by atoms with van der Waals surface area (Å²) >= 11 is 0. The van der Waals surface area contributed by atoms with Crippen LogP contribution in [0.2, 0.25) is 0 Å². The van der Waals surface area contributed by atoms with Gasteiger partial charge >= 0.3 is 12.0 Å². The van der Waals surface area contributed by atoms with Gasteiger partial charge in [-0.1, -0.05) is 6.92 Å². The molecule has 1 aliphatic heterocycles. The summed E-state index contributed by atoms with van der Waals surface area (Å²) in [6.07, 6.45) is 6.35. The maximum atomic E-state index is 12.0. The molecule has 1 saturated heterocycles. The number of carbonyl (C=O) groups excluding carboxylic acids is 1.